The van der Waals surface area contributed by atoms with Gasteiger partial charge in [-0.05, 0) is 35.9 Å². The zero-order chi connectivity index (χ0) is 18.9. The van der Waals surface area contributed by atoms with Crippen LogP contribution in [-0.2, 0) is 9.53 Å². The summed E-state index contributed by atoms with van der Waals surface area (Å²) in [4.78, 5) is 14.5. The van der Waals surface area contributed by atoms with E-state index in [1.807, 2.05) is 49.3 Å². The monoisotopic (exact) mass is 370 g/mol. The van der Waals surface area contributed by atoms with Crippen molar-refractivity contribution in [3.63, 3.8) is 0 Å². The molecule has 26 heavy (non-hydrogen) atoms. The first-order valence-corrected chi connectivity index (χ1v) is 8.93. The molecular weight excluding hydrogens is 351 g/mol. The van der Waals surface area contributed by atoms with Crippen LogP contribution in [0.5, 0.6) is 0 Å². The van der Waals surface area contributed by atoms with Crippen molar-refractivity contribution >= 4 is 29.5 Å². The van der Waals surface area contributed by atoms with Gasteiger partial charge in [0.25, 0.3) is 0 Å². The number of hydrogen-bond acceptors (Lipinski definition) is 5. The lowest BCUT2D eigenvalue weighted by molar-refractivity contribution is -0.137. The Bertz CT molecular complexity index is 826. The second kappa shape index (κ2) is 9.64. The van der Waals surface area contributed by atoms with Crippen molar-refractivity contribution in [2.45, 2.75) is 4.90 Å². The highest BCUT2D eigenvalue weighted by Crippen LogP contribution is 2.21. The number of ether oxygens (including phenoxy) is 1. The third-order valence-corrected chi connectivity index (χ3v) is 4.48. The number of nitrogens with zero attached hydrogens (tertiary/aromatic N) is 2. The van der Waals surface area contributed by atoms with Gasteiger partial charge in [0.15, 0.2) is 0 Å². The smallest absolute Gasteiger partial charge is 0.348 e. The number of esters is 1. The molecule has 0 aliphatic carbocycles. The maximum atomic E-state index is 13.5. The number of carbonyl (C=O) groups excluding carboxylic acids is 1. The quantitative estimate of drug-likeness (QED) is 0.241. The molecule has 4 nitrogen and oxygen atoms in total. The van der Waals surface area contributed by atoms with Gasteiger partial charge in [0.1, 0.15) is 24.1 Å². The van der Waals surface area contributed by atoms with Crippen LogP contribution in [-0.4, -0.2) is 32.4 Å². The molecular formula is C20H19FN2O2S. The summed E-state index contributed by atoms with van der Waals surface area (Å²) in [6.45, 7) is 0.0937. The zero-order valence-corrected chi connectivity index (χ0v) is 15.4. The lowest BCUT2D eigenvalue weighted by Gasteiger charge is -2.11. The van der Waals surface area contributed by atoms with E-state index >= 15 is 0 Å². The van der Waals surface area contributed by atoms with E-state index in [4.69, 9.17) is 4.74 Å². The van der Waals surface area contributed by atoms with E-state index in [-0.39, 0.29) is 18.0 Å². The summed E-state index contributed by atoms with van der Waals surface area (Å²) in [6, 6.07) is 15.7. The van der Waals surface area contributed by atoms with E-state index in [9.17, 15) is 14.4 Å². The van der Waals surface area contributed by atoms with Crippen molar-refractivity contribution < 1.29 is 13.9 Å². The molecule has 0 heterocycles. The van der Waals surface area contributed by atoms with Gasteiger partial charge in [-0.2, -0.15) is 5.26 Å². The second-order valence-corrected chi connectivity index (χ2v) is 6.71. The molecule has 0 atom stereocenters. The molecule has 0 N–H and O–H groups in total. The minimum absolute atomic E-state index is 0.0708. The molecule has 2 aromatic rings. The molecule has 0 saturated carbocycles. The molecule has 0 unspecified atom stereocenters. The summed E-state index contributed by atoms with van der Waals surface area (Å²) in [5.74, 6) is -0.580. The van der Waals surface area contributed by atoms with E-state index < -0.39 is 5.97 Å². The summed E-state index contributed by atoms with van der Waals surface area (Å²) in [5.41, 5.74) is 1.69. The Morgan fingerprint density at radius 1 is 1.23 bits per heavy atom. The van der Waals surface area contributed by atoms with Gasteiger partial charge in [0.2, 0.25) is 0 Å². The van der Waals surface area contributed by atoms with Gasteiger partial charge in [0.05, 0.1) is 0 Å². The first-order valence-electron chi connectivity index (χ1n) is 7.95. The lowest BCUT2D eigenvalue weighted by atomic mass is 10.1. The highest BCUT2D eigenvalue weighted by molar-refractivity contribution is 7.99. The van der Waals surface area contributed by atoms with Gasteiger partial charge in [-0.1, -0.05) is 24.3 Å². The van der Waals surface area contributed by atoms with Crippen molar-refractivity contribution in [3.05, 3.63) is 65.5 Å². The van der Waals surface area contributed by atoms with E-state index in [0.717, 1.165) is 11.3 Å². The second-order valence-electron chi connectivity index (χ2n) is 5.57. The van der Waals surface area contributed by atoms with Crippen LogP contribution in [0, 0.1) is 17.1 Å². The lowest BCUT2D eigenvalue weighted by Crippen LogP contribution is -2.09. The number of anilines is 1. The van der Waals surface area contributed by atoms with Crippen molar-refractivity contribution in [3.8, 4) is 6.07 Å². The van der Waals surface area contributed by atoms with Crippen LogP contribution in [0.25, 0.3) is 6.08 Å². The first-order chi connectivity index (χ1) is 12.5. The predicted octanol–water partition coefficient (Wildman–Crippen LogP) is 4.13. The van der Waals surface area contributed by atoms with E-state index in [2.05, 4.69) is 0 Å². The Balaban J connectivity index is 1.90. The molecule has 134 valence electrons. The van der Waals surface area contributed by atoms with Gasteiger partial charge in [-0.15, -0.1) is 11.8 Å². The Hall–Kier alpha value is -2.78. The van der Waals surface area contributed by atoms with Crippen molar-refractivity contribution in [1.82, 2.24) is 0 Å². The normalized spacial score (nSPS) is 10.9. The molecule has 2 rings (SSSR count). The molecule has 0 spiro atoms. The van der Waals surface area contributed by atoms with Gasteiger partial charge in [-0.3, -0.25) is 0 Å². The molecule has 0 saturated heterocycles. The highest BCUT2D eigenvalue weighted by atomic mass is 32.2. The fourth-order valence-corrected chi connectivity index (χ4v) is 2.87. The Morgan fingerprint density at radius 2 is 1.92 bits per heavy atom. The number of halogens is 1. The molecule has 0 radical (unpaired) electrons. The number of benzene rings is 2. The molecule has 0 aliphatic rings. The fourth-order valence-electron chi connectivity index (χ4n) is 2.10. The summed E-state index contributed by atoms with van der Waals surface area (Å²) < 4.78 is 18.6. The highest BCUT2D eigenvalue weighted by Gasteiger charge is 2.11. The van der Waals surface area contributed by atoms with Crippen molar-refractivity contribution in [2.24, 2.45) is 0 Å². The topological polar surface area (TPSA) is 53.3 Å². The summed E-state index contributed by atoms with van der Waals surface area (Å²) in [5, 5.41) is 9.19. The van der Waals surface area contributed by atoms with E-state index in [1.165, 1.54) is 23.9 Å². The van der Waals surface area contributed by atoms with Gasteiger partial charge >= 0.3 is 5.97 Å². The minimum Gasteiger partial charge on any atom is -0.461 e. The molecule has 6 heteroatoms. The third-order valence-electron chi connectivity index (χ3n) is 3.47. The van der Waals surface area contributed by atoms with Gasteiger partial charge < -0.3 is 9.64 Å². The van der Waals surface area contributed by atoms with Gasteiger partial charge in [0, 0.05) is 30.4 Å². The number of thioether (sulfide) groups is 1. The molecule has 0 bridgehead atoms. The van der Waals surface area contributed by atoms with Crippen LogP contribution in [0.4, 0.5) is 10.1 Å². The molecule has 0 aromatic heterocycles. The summed E-state index contributed by atoms with van der Waals surface area (Å²) in [6.07, 6.45) is 1.49. The van der Waals surface area contributed by atoms with Crippen LogP contribution < -0.4 is 4.90 Å². The largest absolute Gasteiger partial charge is 0.461 e. The molecule has 0 fully saturated rings. The SMILES string of the molecule is CN(C)c1ccc(/C=C(\C#N)C(=O)OCCSc2ccccc2F)cc1. The Kier molecular flexibility index (Phi) is 7.24. The average Bonchev–Trinajstić information content (AvgIpc) is 2.64. The van der Waals surface area contributed by atoms with Crippen LogP contribution in [0.15, 0.2) is 59.0 Å². The standard InChI is InChI=1S/C20H19FN2O2S/c1-23(2)17-9-7-15(8-10-17)13-16(14-22)20(24)25-11-12-26-19-6-4-3-5-18(19)21/h3-10,13H,11-12H2,1-2H3/b16-13+. The van der Waals surface area contributed by atoms with E-state index in [1.54, 1.807) is 18.2 Å². The van der Waals surface area contributed by atoms with Crippen molar-refractivity contribution in [1.29, 1.82) is 5.26 Å². The predicted molar refractivity (Wildman–Crippen MR) is 102 cm³/mol. The number of carbonyl (C=O) groups is 1. The Labute approximate surface area is 156 Å². The molecule has 0 amide bonds. The first kappa shape index (κ1) is 19.5. The summed E-state index contributed by atoms with van der Waals surface area (Å²) in [7, 11) is 3.87. The number of rotatable bonds is 7. The number of hydrogen-bond donors (Lipinski definition) is 0. The van der Waals surface area contributed by atoms with Crippen LogP contribution in [0.2, 0.25) is 0 Å². The minimum atomic E-state index is -0.682. The average molecular weight is 370 g/mol. The molecule has 2 aromatic carbocycles. The maximum Gasteiger partial charge on any atom is 0.348 e. The zero-order valence-electron chi connectivity index (χ0n) is 14.6. The molecule has 0 aliphatic heterocycles. The van der Waals surface area contributed by atoms with Crippen molar-refractivity contribution in [2.75, 3.05) is 31.4 Å². The number of nitriles is 1. The van der Waals surface area contributed by atoms with Crippen LogP contribution in [0.1, 0.15) is 5.56 Å². The fraction of sp³-hybridized carbons (Fsp3) is 0.200. The van der Waals surface area contributed by atoms with Crippen LogP contribution >= 0.6 is 11.8 Å². The van der Waals surface area contributed by atoms with Gasteiger partial charge in [-0.25, -0.2) is 9.18 Å². The third kappa shape index (κ3) is 5.64. The summed E-state index contributed by atoms with van der Waals surface area (Å²) >= 11 is 1.26. The van der Waals surface area contributed by atoms with E-state index in [0.29, 0.717) is 10.6 Å². The Morgan fingerprint density at radius 3 is 2.54 bits per heavy atom. The van der Waals surface area contributed by atoms with Crippen LogP contribution in [0.3, 0.4) is 0 Å². The maximum absolute atomic E-state index is 13.5.